The highest BCUT2D eigenvalue weighted by atomic mass is 32.2. The van der Waals surface area contributed by atoms with Crippen molar-refractivity contribution in [3.05, 3.63) is 47.5 Å². The Morgan fingerprint density at radius 2 is 1.68 bits per heavy atom. The summed E-state index contributed by atoms with van der Waals surface area (Å²) in [5, 5.41) is 0. The molecule has 8 heteroatoms. The van der Waals surface area contributed by atoms with Crippen molar-refractivity contribution in [2.24, 2.45) is 0 Å². The fraction of sp³-hybridized carbons (Fsp3) is 0.500. The lowest BCUT2D eigenvalue weighted by atomic mass is 9.92. The first-order valence-electron chi connectivity index (χ1n) is 9.78. The zero-order chi connectivity index (χ0) is 19.6. The number of hydrogen-bond donors (Lipinski definition) is 1. The van der Waals surface area contributed by atoms with Gasteiger partial charge in [-0.15, -0.1) is 0 Å². The Balaban J connectivity index is 1.34. The van der Waals surface area contributed by atoms with Gasteiger partial charge in [-0.05, 0) is 74.6 Å². The van der Waals surface area contributed by atoms with Gasteiger partial charge >= 0.3 is 6.01 Å². The van der Waals surface area contributed by atoms with Crippen LogP contribution in [0.1, 0.15) is 49.7 Å². The second-order valence-corrected chi connectivity index (χ2v) is 9.25. The predicted octanol–water partition coefficient (Wildman–Crippen LogP) is 3.16. The molecule has 1 heterocycles. The van der Waals surface area contributed by atoms with Crippen LogP contribution in [0.15, 0.2) is 35.5 Å². The van der Waals surface area contributed by atoms with Gasteiger partial charge in [0, 0.05) is 6.04 Å². The molecule has 1 fully saturated rings. The molecule has 1 saturated carbocycles. The van der Waals surface area contributed by atoms with Gasteiger partial charge in [0.2, 0.25) is 10.0 Å². The summed E-state index contributed by atoms with van der Waals surface area (Å²) in [5.74, 6) is -0.507. The van der Waals surface area contributed by atoms with Crippen LogP contribution in [0, 0.1) is 5.82 Å². The lowest BCUT2D eigenvalue weighted by molar-refractivity contribution is 0.132. The smallest absolute Gasteiger partial charge is 0.316 e. The van der Waals surface area contributed by atoms with Crippen LogP contribution in [-0.2, 0) is 22.9 Å². The summed E-state index contributed by atoms with van der Waals surface area (Å²) in [6.07, 6.45) is 9.06. The van der Waals surface area contributed by atoms with E-state index in [2.05, 4.69) is 14.7 Å². The molecule has 0 atom stereocenters. The average Bonchev–Trinajstić information content (AvgIpc) is 2.70. The van der Waals surface area contributed by atoms with E-state index in [0.29, 0.717) is 30.6 Å². The Hall–Kier alpha value is -2.06. The van der Waals surface area contributed by atoms with Crippen molar-refractivity contribution in [1.29, 1.82) is 0 Å². The summed E-state index contributed by atoms with van der Waals surface area (Å²) in [4.78, 5) is 7.96. The Morgan fingerprint density at radius 1 is 1.00 bits per heavy atom. The average molecular weight is 405 g/mol. The Kier molecular flexibility index (Phi) is 5.59. The Bertz CT molecular complexity index is 926. The minimum atomic E-state index is -3.53. The number of halogens is 1. The van der Waals surface area contributed by atoms with Crippen molar-refractivity contribution in [2.45, 2.75) is 68.4 Å². The maximum Gasteiger partial charge on any atom is 0.316 e. The predicted molar refractivity (Wildman–Crippen MR) is 102 cm³/mol. The summed E-state index contributed by atoms with van der Waals surface area (Å²) < 4.78 is 47.0. The molecule has 0 aliphatic heterocycles. The lowest BCUT2D eigenvalue weighted by Crippen LogP contribution is -2.39. The summed E-state index contributed by atoms with van der Waals surface area (Å²) >= 11 is 0. The van der Waals surface area contributed by atoms with E-state index in [1.165, 1.54) is 12.0 Å². The summed E-state index contributed by atoms with van der Waals surface area (Å²) in [5.41, 5.74) is 2.43. The first-order chi connectivity index (χ1) is 13.5. The van der Waals surface area contributed by atoms with Gasteiger partial charge in [-0.25, -0.2) is 27.5 Å². The molecule has 150 valence electrons. The number of nitrogens with one attached hydrogen (secondary N) is 1. The number of ether oxygens (including phenoxy) is 1. The van der Waals surface area contributed by atoms with Gasteiger partial charge in [-0.2, -0.15) is 0 Å². The van der Waals surface area contributed by atoms with Gasteiger partial charge in [0.1, 0.15) is 6.10 Å². The number of aryl methyl sites for hydroxylation is 2. The first-order valence-corrected chi connectivity index (χ1v) is 11.3. The topological polar surface area (TPSA) is 81.2 Å². The Morgan fingerprint density at radius 3 is 2.39 bits per heavy atom. The van der Waals surface area contributed by atoms with Gasteiger partial charge in [-0.1, -0.05) is 6.07 Å². The highest BCUT2D eigenvalue weighted by Gasteiger charge is 2.27. The minimum absolute atomic E-state index is 0.0880. The molecule has 1 aromatic carbocycles. The second kappa shape index (κ2) is 8.13. The van der Waals surface area contributed by atoms with Crippen LogP contribution in [0.4, 0.5) is 4.39 Å². The molecular weight excluding hydrogens is 381 g/mol. The maximum atomic E-state index is 12.9. The maximum absolute atomic E-state index is 12.9. The van der Waals surface area contributed by atoms with Crippen molar-refractivity contribution in [2.75, 3.05) is 0 Å². The molecule has 2 aromatic rings. The van der Waals surface area contributed by atoms with E-state index in [1.807, 2.05) is 12.1 Å². The van der Waals surface area contributed by atoms with Crippen LogP contribution in [0.25, 0.3) is 0 Å². The van der Waals surface area contributed by atoms with E-state index < -0.39 is 15.8 Å². The number of sulfonamides is 1. The molecule has 2 aliphatic rings. The third-order valence-corrected chi connectivity index (χ3v) is 7.01. The van der Waals surface area contributed by atoms with Gasteiger partial charge < -0.3 is 4.74 Å². The van der Waals surface area contributed by atoms with Crippen molar-refractivity contribution in [3.8, 4) is 6.01 Å². The fourth-order valence-corrected chi connectivity index (χ4v) is 5.33. The number of fused-ring (bicyclic) bond motifs is 1. The largest absolute Gasteiger partial charge is 0.460 e. The SMILES string of the molecule is O=S(=O)(NC1CCC(Oc2ncc(F)cn2)CC1)c1ccc2c(c1)CCCC2. The molecule has 0 saturated heterocycles. The number of benzene rings is 1. The summed E-state index contributed by atoms with van der Waals surface area (Å²) in [7, 11) is -3.53. The van der Waals surface area contributed by atoms with E-state index in [-0.39, 0.29) is 18.2 Å². The first kappa shape index (κ1) is 19.3. The highest BCUT2D eigenvalue weighted by molar-refractivity contribution is 7.89. The molecule has 1 N–H and O–H groups in total. The van der Waals surface area contributed by atoms with Gasteiger partial charge in [-0.3, -0.25) is 0 Å². The standard InChI is InChI=1S/C20H24FN3O3S/c21-16-12-22-20(23-13-16)27-18-8-6-17(7-9-18)24-28(25,26)19-10-5-14-3-1-2-4-15(14)11-19/h5,10-13,17-18,24H,1-4,6-9H2. The van der Waals surface area contributed by atoms with E-state index in [9.17, 15) is 12.8 Å². The number of aromatic nitrogens is 2. The van der Waals surface area contributed by atoms with Crippen LogP contribution in [0.3, 0.4) is 0 Å². The highest BCUT2D eigenvalue weighted by Crippen LogP contribution is 2.26. The van der Waals surface area contributed by atoms with Crippen molar-refractivity contribution < 1.29 is 17.5 Å². The van der Waals surface area contributed by atoms with Crippen LogP contribution in [0.5, 0.6) is 6.01 Å². The zero-order valence-electron chi connectivity index (χ0n) is 15.6. The quantitative estimate of drug-likeness (QED) is 0.826. The van der Waals surface area contributed by atoms with Crippen LogP contribution < -0.4 is 9.46 Å². The fourth-order valence-electron chi connectivity index (χ4n) is 3.97. The van der Waals surface area contributed by atoms with Crippen LogP contribution in [-0.4, -0.2) is 30.5 Å². The van der Waals surface area contributed by atoms with E-state index in [4.69, 9.17) is 4.74 Å². The lowest BCUT2D eigenvalue weighted by Gasteiger charge is -2.28. The van der Waals surface area contributed by atoms with Crippen LogP contribution >= 0.6 is 0 Å². The number of nitrogens with zero attached hydrogens (tertiary/aromatic N) is 2. The van der Waals surface area contributed by atoms with Crippen molar-refractivity contribution in [3.63, 3.8) is 0 Å². The van der Waals surface area contributed by atoms with Gasteiger partial charge in [0.25, 0.3) is 0 Å². The monoisotopic (exact) mass is 405 g/mol. The molecule has 0 unspecified atom stereocenters. The molecule has 6 nitrogen and oxygen atoms in total. The van der Waals surface area contributed by atoms with Crippen LogP contribution in [0.2, 0.25) is 0 Å². The summed E-state index contributed by atoms with van der Waals surface area (Å²) in [6.45, 7) is 0. The molecule has 0 radical (unpaired) electrons. The molecule has 2 aliphatic carbocycles. The molecule has 0 amide bonds. The van der Waals surface area contributed by atoms with Crippen molar-refractivity contribution in [1.82, 2.24) is 14.7 Å². The third-order valence-electron chi connectivity index (χ3n) is 5.50. The molecular formula is C20H24FN3O3S. The minimum Gasteiger partial charge on any atom is -0.460 e. The molecule has 0 spiro atoms. The number of rotatable bonds is 5. The molecule has 1 aromatic heterocycles. The second-order valence-electron chi connectivity index (χ2n) is 7.53. The molecule has 4 rings (SSSR count). The summed E-state index contributed by atoms with van der Waals surface area (Å²) in [6, 6.07) is 5.54. The normalized spacial score (nSPS) is 22.5. The Labute approximate surface area is 164 Å². The third kappa shape index (κ3) is 4.50. The van der Waals surface area contributed by atoms with Crippen molar-refractivity contribution >= 4 is 10.0 Å². The van der Waals surface area contributed by atoms with E-state index >= 15 is 0 Å². The van der Waals surface area contributed by atoms with E-state index in [0.717, 1.165) is 37.2 Å². The zero-order valence-corrected chi connectivity index (χ0v) is 16.4. The van der Waals surface area contributed by atoms with Gasteiger partial charge in [0.15, 0.2) is 5.82 Å². The molecule has 28 heavy (non-hydrogen) atoms. The molecule has 0 bridgehead atoms. The van der Waals surface area contributed by atoms with E-state index in [1.54, 1.807) is 6.07 Å². The number of hydrogen-bond acceptors (Lipinski definition) is 5. The van der Waals surface area contributed by atoms with Gasteiger partial charge in [0.05, 0.1) is 17.3 Å².